The summed E-state index contributed by atoms with van der Waals surface area (Å²) in [5, 5.41) is 18.3. The maximum absolute atomic E-state index is 11.7. The van der Waals surface area contributed by atoms with Crippen LogP contribution in [0.1, 0.15) is 0 Å². The Morgan fingerprint density at radius 2 is 1.43 bits per heavy atom. The van der Waals surface area contributed by atoms with Crippen molar-refractivity contribution in [2.75, 3.05) is 10.6 Å². The second kappa shape index (κ2) is 6.24. The minimum Gasteiger partial charge on any atom is -0.308 e. The molecule has 0 aromatic heterocycles. The molecule has 106 valence electrons. The van der Waals surface area contributed by atoms with E-state index in [4.69, 9.17) is 0 Å². The van der Waals surface area contributed by atoms with Gasteiger partial charge < -0.3 is 10.6 Å². The lowest BCUT2D eigenvalue weighted by atomic mass is 10.3. The molecule has 0 radical (unpaired) electrons. The van der Waals surface area contributed by atoms with Crippen LogP contribution in [0, 0.1) is 15.0 Å². The van der Waals surface area contributed by atoms with Gasteiger partial charge >= 0.3 is 6.03 Å². The van der Waals surface area contributed by atoms with Crippen molar-refractivity contribution in [2.45, 2.75) is 0 Å². The van der Waals surface area contributed by atoms with Crippen LogP contribution in [0.15, 0.2) is 53.7 Å². The third-order valence-corrected chi connectivity index (χ3v) is 2.57. The molecule has 2 N–H and O–H groups in total. The summed E-state index contributed by atoms with van der Waals surface area (Å²) in [5.74, 6) is 0. The molecule has 21 heavy (non-hydrogen) atoms. The molecule has 0 aliphatic carbocycles. The number of anilines is 2. The van der Waals surface area contributed by atoms with E-state index in [0.29, 0.717) is 11.4 Å². The van der Waals surface area contributed by atoms with Crippen LogP contribution in [0.4, 0.5) is 27.5 Å². The Bertz CT molecular complexity index is 668. The van der Waals surface area contributed by atoms with Crippen molar-refractivity contribution in [1.82, 2.24) is 0 Å². The van der Waals surface area contributed by atoms with E-state index >= 15 is 0 Å². The number of rotatable bonds is 4. The highest BCUT2D eigenvalue weighted by atomic mass is 16.6. The number of hydrogen-bond acceptors (Lipinski definition) is 5. The van der Waals surface area contributed by atoms with Gasteiger partial charge in [0.15, 0.2) is 0 Å². The number of benzene rings is 2. The second-order valence-corrected chi connectivity index (χ2v) is 4.02. The highest BCUT2D eigenvalue weighted by Crippen LogP contribution is 2.17. The Hall–Kier alpha value is -3.29. The van der Waals surface area contributed by atoms with Gasteiger partial charge in [-0.2, -0.15) is 0 Å². The van der Waals surface area contributed by atoms with Gasteiger partial charge in [-0.25, -0.2) is 4.79 Å². The number of non-ortho nitro benzene ring substituents is 1. The predicted octanol–water partition coefficient (Wildman–Crippen LogP) is 3.64. The maximum atomic E-state index is 11.7. The molecule has 2 rings (SSSR count). The fourth-order valence-corrected chi connectivity index (χ4v) is 1.57. The van der Waals surface area contributed by atoms with Crippen LogP contribution in [0.3, 0.4) is 0 Å². The molecule has 0 atom stereocenters. The molecule has 0 aliphatic rings. The van der Waals surface area contributed by atoms with E-state index in [0.717, 1.165) is 0 Å². The number of nitrogens with one attached hydrogen (secondary N) is 2. The van der Waals surface area contributed by atoms with E-state index in [2.05, 4.69) is 15.8 Å². The summed E-state index contributed by atoms with van der Waals surface area (Å²) in [7, 11) is 0. The number of carbonyl (C=O) groups excluding carboxylic acids is 1. The lowest BCUT2D eigenvalue weighted by molar-refractivity contribution is -0.384. The molecule has 0 bridgehead atoms. The van der Waals surface area contributed by atoms with Gasteiger partial charge in [-0.3, -0.25) is 10.1 Å². The number of amides is 2. The van der Waals surface area contributed by atoms with Crippen LogP contribution >= 0.6 is 0 Å². The highest BCUT2D eigenvalue weighted by Gasteiger charge is 2.06. The average Bonchev–Trinajstić information content (AvgIpc) is 2.48. The van der Waals surface area contributed by atoms with Crippen LogP contribution < -0.4 is 10.6 Å². The third kappa shape index (κ3) is 3.83. The lowest BCUT2D eigenvalue weighted by Gasteiger charge is -2.07. The zero-order valence-electron chi connectivity index (χ0n) is 10.6. The van der Waals surface area contributed by atoms with Gasteiger partial charge in [0.2, 0.25) is 0 Å². The van der Waals surface area contributed by atoms with Crippen molar-refractivity contribution in [2.24, 2.45) is 5.18 Å². The summed E-state index contributed by atoms with van der Waals surface area (Å²) >= 11 is 0. The fourth-order valence-electron chi connectivity index (χ4n) is 1.57. The van der Waals surface area contributed by atoms with Crippen molar-refractivity contribution in [1.29, 1.82) is 0 Å². The lowest BCUT2D eigenvalue weighted by Crippen LogP contribution is -2.19. The van der Waals surface area contributed by atoms with E-state index < -0.39 is 11.0 Å². The Morgan fingerprint density at radius 1 is 0.952 bits per heavy atom. The van der Waals surface area contributed by atoms with E-state index in [1.165, 1.54) is 48.5 Å². The van der Waals surface area contributed by atoms with Gasteiger partial charge in [-0.05, 0) is 41.6 Å². The molecule has 0 unspecified atom stereocenters. The SMILES string of the molecule is O=Nc1ccc(NC(=O)Nc2ccc([N+](=O)[O-])cc2)cc1. The monoisotopic (exact) mass is 286 g/mol. The molecule has 0 spiro atoms. The van der Waals surface area contributed by atoms with Gasteiger partial charge in [0.25, 0.3) is 5.69 Å². The first-order chi connectivity index (χ1) is 10.1. The molecule has 0 aliphatic heterocycles. The molecular weight excluding hydrogens is 276 g/mol. The molecule has 8 nitrogen and oxygen atoms in total. The van der Waals surface area contributed by atoms with Crippen LogP contribution in [0.5, 0.6) is 0 Å². The topological polar surface area (TPSA) is 114 Å². The van der Waals surface area contributed by atoms with Crippen molar-refractivity contribution in [3.8, 4) is 0 Å². The number of nitrogens with zero attached hydrogens (tertiary/aromatic N) is 2. The largest absolute Gasteiger partial charge is 0.323 e. The second-order valence-electron chi connectivity index (χ2n) is 4.02. The molecule has 8 heteroatoms. The molecular formula is C13H10N4O4. The molecule has 0 heterocycles. The van der Waals surface area contributed by atoms with Crippen LogP contribution in [-0.4, -0.2) is 11.0 Å². The summed E-state index contributed by atoms with van der Waals surface area (Å²) in [6.07, 6.45) is 0. The number of nitro benzene ring substituents is 1. The Kier molecular flexibility index (Phi) is 4.20. The Morgan fingerprint density at radius 3 is 1.86 bits per heavy atom. The average molecular weight is 286 g/mol. The predicted molar refractivity (Wildman–Crippen MR) is 77.6 cm³/mol. The Labute approximate surface area is 118 Å². The molecule has 0 fully saturated rings. The van der Waals surface area contributed by atoms with Crippen molar-refractivity contribution >= 4 is 28.8 Å². The standard InChI is InChI=1S/C13H10N4O4/c18-13(14-9-1-3-11(16-19)4-2-9)15-10-5-7-12(8-6-10)17(20)21/h1-8H,(H2,14,15,18). The highest BCUT2D eigenvalue weighted by molar-refractivity contribution is 5.99. The summed E-state index contributed by atoms with van der Waals surface area (Å²) in [6, 6.07) is 10.9. The van der Waals surface area contributed by atoms with E-state index in [9.17, 15) is 19.8 Å². The summed E-state index contributed by atoms with van der Waals surface area (Å²) < 4.78 is 0. The van der Waals surface area contributed by atoms with Crippen molar-refractivity contribution in [3.05, 3.63) is 63.6 Å². The van der Waals surface area contributed by atoms with Crippen LogP contribution in [-0.2, 0) is 0 Å². The quantitative estimate of drug-likeness (QED) is 0.507. The van der Waals surface area contributed by atoms with E-state index in [-0.39, 0.29) is 11.4 Å². The molecule has 2 amide bonds. The summed E-state index contributed by atoms with van der Waals surface area (Å²) in [4.78, 5) is 32.0. The normalized spacial score (nSPS) is 9.71. The van der Waals surface area contributed by atoms with Crippen LogP contribution in [0.25, 0.3) is 0 Å². The number of nitro groups is 1. The van der Waals surface area contributed by atoms with Gasteiger partial charge in [0, 0.05) is 23.5 Å². The molecule has 0 saturated carbocycles. The number of nitroso groups, excluding NO2 is 1. The van der Waals surface area contributed by atoms with Gasteiger partial charge in [-0.15, -0.1) is 4.91 Å². The van der Waals surface area contributed by atoms with E-state index in [1.54, 1.807) is 0 Å². The fraction of sp³-hybridized carbons (Fsp3) is 0. The van der Waals surface area contributed by atoms with Gasteiger partial charge in [-0.1, -0.05) is 0 Å². The van der Waals surface area contributed by atoms with E-state index in [1.807, 2.05) is 0 Å². The minimum atomic E-state index is -0.521. The first kappa shape index (κ1) is 14.1. The molecule has 0 saturated heterocycles. The zero-order chi connectivity index (χ0) is 15.2. The zero-order valence-corrected chi connectivity index (χ0v) is 10.6. The summed E-state index contributed by atoms with van der Waals surface area (Å²) in [6.45, 7) is 0. The molecule has 2 aromatic carbocycles. The first-order valence-corrected chi connectivity index (χ1v) is 5.84. The van der Waals surface area contributed by atoms with Gasteiger partial charge in [0.05, 0.1) is 4.92 Å². The number of carbonyl (C=O) groups is 1. The minimum absolute atomic E-state index is 0.0575. The third-order valence-electron chi connectivity index (χ3n) is 2.57. The van der Waals surface area contributed by atoms with Gasteiger partial charge in [0.1, 0.15) is 5.69 Å². The smallest absolute Gasteiger partial charge is 0.308 e. The van der Waals surface area contributed by atoms with Crippen molar-refractivity contribution < 1.29 is 9.72 Å². The number of urea groups is 1. The Balaban J connectivity index is 1.97. The first-order valence-electron chi connectivity index (χ1n) is 5.84. The van der Waals surface area contributed by atoms with Crippen LogP contribution in [0.2, 0.25) is 0 Å². The summed E-state index contributed by atoms with van der Waals surface area (Å²) in [5.41, 5.74) is 1.11. The number of hydrogen-bond donors (Lipinski definition) is 2. The van der Waals surface area contributed by atoms with Crippen molar-refractivity contribution in [3.63, 3.8) is 0 Å². The maximum Gasteiger partial charge on any atom is 0.323 e. The molecule has 2 aromatic rings.